The second-order valence-electron chi connectivity index (χ2n) is 7.12. The maximum absolute atomic E-state index is 13.0. The first-order valence-corrected chi connectivity index (χ1v) is 11.5. The van der Waals surface area contributed by atoms with Gasteiger partial charge in [-0.25, -0.2) is 4.98 Å². The van der Waals surface area contributed by atoms with E-state index in [1.54, 1.807) is 18.4 Å². The summed E-state index contributed by atoms with van der Waals surface area (Å²) in [6, 6.07) is 12.2. The minimum Gasteiger partial charge on any atom is -0.496 e. The SMILES string of the molecule is COc1ccccc1C(CNC(=O)c1sc(-c2cccs2)nc1C)N1CCCC1. The zero-order valence-corrected chi connectivity index (χ0v) is 18.3. The van der Waals surface area contributed by atoms with Crippen molar-refractivity contribution in [1.82, 2.24) is 15.2 Å². The summed E-state index contributed by atoms with van der Waals surface area (Å²) in [4.78, 5) is 21.8. The largest absolute Gasteiger partial charge is 0.496 e. The fraction of sp³-hybridized carbons (Fsp3) is 0.364. The zero-order chi connectivity index (χ0) is 20.2. The van der Waals surface area contributed by atoms with E-state index in [4.69, 9.17) is 4.74 Å². The first-order valence-electron chi connectivity index (χ1n) is 9.84. The predicted octanol–water partition coefficient (Wildman–Crippen LogP) is 4.76. The molecule has 1 atom stereocenters. The lowest BCUT2D eigenvalue weighted by Gasteiger charge is -2.29. The number of ether oxygens (including phenoxy) is 1. The van der Waals surface area contributed by atoms with Crippen LogP contribution in [-0.2, 0) is 0 Å². The standard InChI is InChI=1S/C22H25N3O2S2/c1-15-20(29-22(24-15)19-10-7-13-28-19)21(26)23-14-17(25-11-5-6-12-25)16-8-3-4-9-18(16)27-2/h3-4,7-10,13,17H,5-6,11-12,14H2,1-2H3,(H,23,26). The van der Waals surface area contributed by atoms with Crippen LogP contribution in [0.25, 0.3) is 9.88 Å². The van der Waals surface area contributed by atoms with Crippen molar-refractivity contribution in [2.24, 2.45) is 0 Å². The Balaban J connectivity index is 1.52. The second-order valence-corrected chi connectivity index (χ2v) is 9.07. The minimum atomic E-state index is -0.0538. The van der Waals surface area contributed by atoms with Crippen molar-refractivity contribution >= 4 is 28.6 Å². The third-order valence-corrected chi connectivity index (χ3v) is 7.47. The van der Waals surface area contributed by atoms with E-state index in [0.717, 1.165) is 40.0 Å². The van der Waals surface area contributed by atoms with E-state index in [2.05, 4.69) is 21.3 Å². The maximum atomic E-state index is 13.0. The Bertz CT molecular complexity index is 962. The summed E-state index contributed by atoms with van der Waals surface area (Å²) in [5.41, 5.74) is 1.91. The van der Waals surface area contributed by atoms with Crippen LogP contribution in [0.15, 0.2) is 41.8 Å². The smallest absolute Gasteiger partial charge is 0.263 e. The average molecular weight is 428 g/mol. The molecule has 2 aromatic heterocycles. The summed E-state index contributed by atoms with van der Waals surface area (Å²) in [6.45, 7) is 4.53. The number of thiazole rings is 1. The fourth-order valence-corrected chi connectivity index (χ4v) is 5.59. The van der Waals surface area contributed by atoms with Crippen LogP contribution >= 0.6 is 22.7 Å². The third kappa shape index (κ3) is 4.37. The normalized spacial score (nSPS) is 15.4. The number of rotatable bonds is 7. The zero-order valence-electron chi connectivity index (χ0n) is 16.7. The van der Waals surface area contributed by atoms with Crippen LogP contribution in [0.5, 0.6) is 5.75 Å². The molecule has 29 heavy (non-hydrogen) atoms. The number of para-hydroxylation sites is 1. The van der Waals surface area contributed by atoms with Gasteiger partial charge in [0.05, 0.1) is 23.7 Å². The van der Waals surface area contributed by atoms with Crippen molar-refractivity contribution < 1.29 is 9.53 Å². The molecule has 1 aliphatic heterocycles. The number of benzene rings is 1. The molecule has 1 aliphatic rings. The topological polar surface area (TPSA) is 54.5 Å². The number of nitrogens with zero attached hydrogens (tertiary/aromatic N) is 2. The molecule has 1 amide bonds. The molecule has 1 N–H and O–H groups in total. The second kappa shape index (κ2) is 9.07. The molecule has 1 saturated heterocycles. The van der Waals surface area contributed by atoms with Gasteiger partial charge < -0.3 is 10.1 Å². The van der Waals surface area contributed by atoms with Crippen LogP contribution in [0.3, 0.4) is 0 Å². The molecule has 3 heterocycles. The molecule has 5 nitrogen and oxygen atoms in total. The van der Waals surface area contributed by atoms with Crippen molar-refractivity contribution in [3.63, 3.8) is 0 Å². The lowest BCUT2D eigenvalue weighted by Crippen LogP contribution is -2.37. The van der Waals surface area contributed by atoms with Crippen LogP contribution in [0.2, 0.25) is 0 Å². The van der Waals surface area contributed by atoms with Gasteiger partial charge >= 0.3 is 0 Å². The summed E-state index contributed by atoms with van der Waals surface area (Å²) in [6.07, 6.45) is 2.38. The maximum Gasteiger partial charge on any atom is 0.263 e. The lowest BCUT2D eigenvalue weighted by molar-refractivity contribution is 0.0940. The fourth-order valence-electron chi connectivity index (χ4n) is 3.81. The van der Waals surface area contributed by atoms with Gasteiger partial charge in [-0.2, -0.15) is 0 Å². The van der Waals surface area contributed by atoms with Crippen molar-refractivity contribution in [3.05, 3.63) is 57.9 Å². The molecule has 1 fully saturated rings. The van der Waals surface area contributed by atoms with E-state index in [1.165, 1.54) is 24.2 Å². The monoisotopic (exact) mass is 427 g/mol. The predicted molar refractivity (Wildman–Crippen MR) is 119 cm³/mol. The molecule has 7 heteroatoms. The summed E-state index contributed by atoms with van der Waals surface area (Å²) in [5.74, 6) is 0.814. The molecule has 0 radical (unpaired) electrons. The Hall–Kier alpha value is -2.22. The molecule has 4 rings (SSSR count). The van der Waals surface area contributed by atoms with Crippen molar-refractivity contribution in [1.29, 1.82) is 0 Å². The number of aromatic nitrogens is 1. The van der Waals surface area contributed by atoms with Crippen LogP contribution in [-0.4, -0.2) is 42.5 Å². The lowest BCUT2D eigenvalue weighted by atomic mass is 10.0. The van der Waals surface area contributed by atoms with E-state index in [1.807, 2.05) is 42.6 Å². The number of thiophene rings is 1. The number of hydrogen-bond donors (Lipinski definition) is 1. The Labute approximate surface area is 179 Å². The van der Waals surface area contributed by atoms with Gasteiger partial charge in [0.2, 0.25) is 0 Å². The van der Waals surface area contributed by atoms with Gasteiger partial charge in [0, 0.05) is 12.1 Å². The Morgan fingerprint density at radius 1 is 1.24 bits per heavy atom. The highest BCUT2D eigenvalue weighted by Gasteiger charge is 2.27. The first-order chi connectivity index (χ1) is 14.2. The number of amides is 1. The molecule has 1 unspecified atom stereocenters. The number of methoxy groups -OCH3 is 1. The van der Waals surface area contributed by atoms with Crippen molar-refractivity contribution in [2.75, 3.05) is 26.7 Å². The van der Waals surface area contributed by atoms with Gasteiger partial charge in [-0.1, -0.05) is 24.3 Å². The third-order valence-electron chi connectivity index (χ3n) is 5.27. The molecule has 1 aromatic carbocycles. The van der Waals surface area contributed by atoms with Crippen LogP contribution in [0, 0.1) is 6.92 Å². The van der Waals surface area contributed by atoms with E-state index in [0.29, 0.717) is 11.4 Å². The van der Waals surface area contributed by atoms with Gasteiger partial charge in [-0.3, -0.25) is 9.69 Å². The number of carbonyl (C=O) groups is 1. The Morgan fingerprint density at radius 3 is 2.76 bits per heavy atom. The number of likely N-dealkylation sites (tertiary alicyclic amines) is 1. The van der Waals surface area contributed by atoms with Crippen molar-refractivity contribution in [2.45, 2.75) is 25.8 Å². The van der Waals surface area contributed by atoms with Crippen LogP contribution in [0.1, 0.15) is 39.8 Å². The Morgan fingerprint density at radius 2 is 2.03 bits per heavy atom. The summed E-state index contributed by atoms with van der Waals surface area (Å²) in [7, 11) is 1.70. The number of aryl methyl sites for hydroxylation is 1. The molecule has 3 aromatic rings. The molecular formula is C22H25N3O2S2. The summed E-state index contributed by atoms with van der Waals surface area (Å²) in [5, 5.41) is 6.10. The molecular weight excluding hydrogens is 402 g/mol. The Kier molecular flexibility index (Phi) is 6.28. The minimum absolute atomic E-state index is 0.0538. The van der Waals surface area contributed by atoms with E-state index in [-0.39, 0.29) is 11.9 Å². The van der Waals surface area contributed by atoms with Gasteiger partial charge in [-0.15, -0.1) is 22.7 Å². The van der Waals surface area contributed by atoms with Gasteiger partial charge in [0.15, 0.2) is 0 Å². The first kappa shape index (κ1) is 20.1. The highest BCUT2D eigenvalue weighted by molar-refractivity contribution is 7.22. The van der Waals surface area contributed by atoms with Gasteiger partial charge in [-0.05, 0) is 50.4 Å². The molecule has 0 aliphatic carbocycles. The van der Waals surface area contributed by atoms with Crippen molar-refractivity contribution in [3.8, 4) is 15.6 Å². The van der Waals surface area contributed by atoms with E-state index >= 15 is 0 Å². The van der Waals surface area contributed by atoms with Crippen LogP contribution < -0.4 is 10.1 Å². The number of carbonyl (C=O) groups excluding carboxylic acids is 1. The van der Waals surface area contributed by atoms with Gasteiger partial charge in [0.25, 0.3) is 5.91 Å². The number of hydrogen-bond acceptors (Lipinski definition) is 6. The quantitative estimate of drug-likeness (QED) is 0.591. The molecule has 0 bridgehead atoms. The van der Waals surface area contributed by atoms with E-state index < -0.39 is 0 Å². The van der Waals surface area contributed by atoms with Crippen LogP contribution in [0.4, 0.5) is 0 Å². The molecule has 0 saturated carbocycles. The van der Waals surface area contributed by atoms with Gasteiger partial charge in [0.1, 0.15) is 15.6 Å². The van der Waals surface area contributed by atoms with E-state index in [9.17, 15) is 4.79 Å². The average Bonchev–Trinajstić information content (AvgIpc) is 3.50. The summed E-state index contributed by atoms with van der Waals surface area (Å²) < 4.78 is 5.59. The molecule has 0 spiro atoms. The highest BCUT2D eigenvalue weighted by atomic mass is 32.1. The summed E-state index contributed by atoms with van der Waals surface area (Å²) >= 11 is 3.10. The molecule has 152 valence electrons. The number of nitrogens with one attached hydrogen (secondary N) is 1. The highest BCUT2D eigenvalue weighted by Crippen LogP contribution is 2.33.